The Morgan fingerprint density at radius 1 is 1.30 bits per heavy atom. The first kappa shape index (κ1) is 17.1. The van der Waals surface area contributed by atoms with Gasteiger partial charge in [0.15, 0.2) is 0 Å². The first-order valence-corrected chi connectivity index (χ1v) is 8.97. The van der Waals surface area contributed by atoms with E-state index in [4.69, 9.17) is 0 Å². The van der Waals surface area contributed by atoms with Crippen molar-refractivity contribution < 1.29 is 13.2 Å². The van der Waals surface area contributed by atoms with Crippen LogP contribution in [0.3, 0.4) is 0 Å². The molecule has 5 nitrogen and oxygen atoms in total. The lowest BCUT2D eigenvalue weighted by Gasteiger charge is -2.17. The number of carbonyl (C=O) groups is 1. The van der Waals surface area contributed by atoms with Gasteiger partial charge in [-0.3, -0.25) is 4.79 Å². The number of carbonyl (C=O) groups excluding carboxylic acids is 1. The van der Waals surface area contributed by atoms with E-state index in [1.165, 1.54) is 10.6 Å². The van der Waals surface area contributed by atoms with Crippen LogP contribution in [0.4, 0.5) is 0 Å². The van der Waals surface area contributed by atoms with Crippen LogP contribution in [0.15, 0.2) is 28.7 Å². The molecule has 0 heterocycles. The monoisotopic (exact) mass is 362 g/mol. The van der Waals surface area contributed by atoms with Crippen molar-refractivity contribution in [1.29, 1.82) is 0 Å². The molecule has 0 unspecified atom stereocenters. The van der Waals surface area contributed by atoms with Crippen molar-refractivity contribution in [1.82, 2.24) is 9.62 Å². The minimum Gasteiger partial charge on any atom is -0.352 e. The Hall–Kier alpha value is -0.920. The summed E-state index contributed by atoms with van der Waals surface area (Å²) in [6.45, 7) is 3.10. The standard InChI is InChI=1S/C13H19BrN2O3S/c1-3-16(20(2,18)19)10-4-9-15-13(17)11-5-7-12(14)8-6-11/h5-8H,3-4,9-10H2,1-2H3,(H,15,17). The largest absolute Gasteiger partial charge is 0.352 e. The summed E-state index contributed by atoms with van der Waals surface area (Å²) in [7, 11) is -3.16. The Morgan fingerprint density at radius 3 is 2.40 bits per heavy atom. The molecule has 1 N–H and O–H groups in total. The summed E-state index contributed by atoms with van der Waals surface area (Å²) in [4.78, 5) is 11.8. The summed E-state index contributed by atoms with van der Waals surface area (Å²) >= 11 is 3.31. The molecular formula is C13H19BrN2O3S. The number of halogens is 1. The molecule has 1 rings (SSSR count). The molecule has 0 spiro atoms. The molecule has 0 saturated carbocycles. The summed E-state index contributed by atoms with van der Waals surface area (Å²) in [5.41, 5.74) is 0.587. The lowest BCUT2D eigenvalue weighted by molar-refractivity contribution is 0.0953. The topological polar surface area (TPSA) is 66.5 Å². The fraction of sp³-hybridized carbons (Fsp3) is 0.462. The molecule has 0 aromatic heterocycles. The van der Waals surface area contributed by atoms with Crippen molar-refractivity contribution in [3.8, 4) is 0 Å². The summed E-state index contributed by atoms with van der Waals surface area (Å²) in [6.07, 6.45) is 1.78. The first-order valence-electron chi connectivity index (χ1n) is 6.33. The van der Waals surface area contributed by atoms with Gasteiger partial charge >= 0.3 is 0 Å². The second-order valence-corrected chi connectivity index (χ2v) is 7.27. The van der Waals surface area contributed by atoms with E-state index in [0.717, 1.165) is 4.47 Å². The summed E-state index contributed by atoms with van der Waals surface area (Å²) in [5, 5.41) is 2.77. The van der Waals surface area contributed by atoms with Crippen molar-refractivity contribution in [2.75, 3.05) is 25.9 Å². The first-order chi connectivity index (χ1) is 9.34. The van der Waals surface area contributed by atoms with Crippen molar-refractivity contribution in [2.24, 2.45) is 0 Å². The molecule has 1 aromatic rings. The number of sulfonamides is 1. The van der Waals surface area contributed by atoms with Gasteiger partial charge in [-0.2, -0.15) is 0 Å². The number of hydrogen-bond acceptors (Lipinski definition) is 3. The van der Waals surface area contributed by atoms with E-state index in [2.05, 4.69) is 21.2 Å². The van der Waals surface area contributed by atoms with E-state index >= 15 is 0 Å². The highest BCUT2D eigenvalue weighted by molar-refractivity contribution is 9.10. The number of rotatable bonds is 7. The maximum absolute atomic E-state index is 11.8. The molecule has 0 aliphatic heterocycles. The van der Waals surface area contributed by atoms with Crippen LogP contribution in [-0.4, -0.2) is 44.5 Å². The highest BCUT2D eigenvalue weighted by atomic mass is 79.9. The Kier molecular flexibility index (Phi) is 6.64. The Labute approximate surface area is 128 Å². The van der Waals surface area contributed by atoms with Gasteiger partial charge in [-0.05, 0) is 30.7 Å². The molecule has 0 aliphatic rings. The average molecular weight is 363 g/mol. The van der Waals surface area contributed by atoms with Gasteiger partial charge in [0.2, 0.25) is 10.0 Å². The number of amides is 1. The second kappa shape index (κ2) is 7.75. The normalized spacial score (nSPS) is 11.6. The van der Waals surface area contributed by atoms with E-state index in [1.807, 2.05) is 0 Å². The maximum Gasteiger partial charge on any atom is 0.251 e. The zero-order valence-electron chi connectivity index (χ0n) is 11.6. The van der Waals surface area contributed by atoms with Crippen LogP contribution in [0.5, 0.6) is 0 Å². The van der Waals surface area contributed by atoms with Gasteiger partial charge < -0.3 is 5.32 Å². The molecule has 0 aliphatic carbocycles. The summed E-state index contributed by atoms with van der Waals surface area (Å²) < 4.78 is 25.1. The Balaban J connectivity index is 2.37. The SMILES string of the molecule is CCN(CCCNC(=O)c1ccc(Br)cc1)S(C)(=O)=O. The summed E-state index contributed by atoms with van der Waals surface area (Å²) in [6, 6.07) is 7.07. The molecule has 0 radical (unpaired) electrons. The third kappa shape index (κ3) is 5.60. The Morgan fingerprint density at radius 2 is 1.90 bits per heavy atom. The van der Waals surface area contributed by atoms with E-state index in [1.54, 1.807) is 31.2 Å². The number of hydrogen-bond donors (Lipinski definition) is 1. The van der Waals surface area contributed by atoms with E-state index in [9.17, 15) is 13.2 Å². The molecule has 0 bridgehead atoms. The van der Waals surface area contributed by atoms with Gasteiger partial charge in [0, 0.05) is 29.7 Å². The van der Waals surface area contributed by atoms with Crippen molar-refractivity contribution >= 4 is 31.9 Å². The minimum absolute atomic E-state index is 0.153. The van der Waals surface area contributed by atoms with Gasteiger partial charge in [-0.15, -0.1) is 0 Å². The van der Waals surface area contributed by atoms with E-state index < -0.39 is 10.0 Å². The lowest BCUT2D eigenvalue weighted by atomic mass is 10.2. The molecule has 20 heavy (non-hydrogen) atoms. The van der Waals surface area contributed by atoms with Crippen LogP contribution in [0.1, 0.15) is 23.7 Å². The van der Waals surface area contributed by atoms with Crippen LogP contribution in [0.2, 0.25) is 0 Å². The van der Waals surface area contributed by atoms with E-state index in [0.29, 0.717) is 31.6 Å². The zero-order chi connectivity index (χ0) is 15.2. The van der Waals surface area contributed by atoms with Gasteiger partial charge in [-0.25, -0.2) is 12.7 Å². The average Bonchev–Trinajstić information content (AvgIpc) is 2.37. The van der Waals surface area contributed by atoms with Gasteiger partial charge in [0.25, 0.3) is 5.91 Å². The van der Waals surface area contributed by atoms with Gasteiger partial charge in [0.1, 0.15) is 0 Å². The highest BCUT2D eigenvalue weighted by Gasteiger charge is 2.13. The van der Waals surface area contributed by atoms with Crippen LogP contribution in [-0.2, 0) is 10.0 Å². The third-order valence-corrected chi connectivity index (χ3v) is 4.71. The molecule has 0 fully saturated rings. The molecule has 112 valence electrons. The maximum atomic E-state index is 11.8. The van der Waals surface area contributed by atoms with Crippen molar-refractivity contribution in [3.05, 3.63) is 34.3 Å². The molecule has 0 saturated heterocycles. The fourth-order valence-corrected chi connectivity index (χ4v) is 2.91. The molecule has 7 heteroatoms. The van der Waals surface area contributed by atoms with Crippen LogP contribution in [0, 0.1) is 0 Å². The lowest BCUT2D eigenvalue weighted by Crippen LogP contribution is -2.33. The summed E-state index contributed by atoms with van der Waals surface area (Å²) in [5.74, 6) is -0.153. The van der Waals surface area contributed by atoms with Crippen LogP contribution in [0.25, 0.3) is 0 Å². The number of benzene rings is 1. The molecule has 1 amide bonds. The predicted molar refractivity (Wildman–Crippen MR) is 83.2 cm³/mol. The molecule has 0 atom stereocenters. The van der Waals surface area contributed by atoms with Crippen molar-refractivity contribution in [2.45, 2.75) is 13.3 Å². The van der Waals surface area contributed by atoms with E-state index in [-0.39, 0.29) is 5.91 Å². The van der Waals surface area contributed by atoms with Gasteiger partial charge in [0.05, 0.1) is 6.26 Å². The Bertz CT molecular complexity index is 543. The van der Waals surface area contributed by atoms with Gasteiger partial charge in [-0.1, -0.05) is 22.9 Å². The van der Waals surface area contributed by atoms with Crippen LogP contribution >= 0.6 is 15.9 Å². The quantitative estimate of drug-likeness (QED) is 0.752. The number of nitrogens with zero attached hydrogens (tertiary/aromatic N) is 1. The zero-order valence-corrected chi connectivity index (χ0v) is 14.0. The highest BCUT2D eigenvalue weighted by Crippen LogP contribution is 2.10. The van der Waals surface area contributed by atoms with Crippen molar-refractivity contribution in [3.63, 3.8) is 0 Å². The molecular weight excluding hydrogens is 344 g/mol. The molecule has 1 aromatic carbocycles. The number of nitrogens with one attached hydrogen (secondary N) is 1. The fourth-order valence-electron chi connectivity index (χ4n) is 1.72. The van der Waals surface area contributed by atoms with Crippen LogP contribution < -0.4 is 5.32 Å². The third-order valence-electron chi connectivity index (χ3n) is 2.80. The minimum atomic E-state index is -3.16. The predicted octanol–water partition coefficient (Wildman–Crippen LogP) is 1.85. The second-order valence-electron chi connectivity index (χ2n) is 4.37. The smallest absolute Gasteiger partial charge is 0.251 e.